The quantitative estimate of drug-likeness (QED) is 0.247. The van der Waals surface area contributed by atoms with Crippen molar-refractivity contribution in [1.82, 2.24) is 25.4 Å². The van der Waals surface area contributed by atoms with Gasteiger partial charge in [0, 0.05) is 59.3 Å². The molecule has 2 atom stereocenters. The number of unbranched alkanes of at least 4 members (excludes halogenated alkanes) is 2. The lowest BCUT2D eigenvalue weighted by molar-refractivity contribution is -0.144. The van der Waals surface area contributed by atoms with E-state index in [-0.39, 0.29) is 46.3 Å². The van der Waals surface area contributed by atoms with Gasteiger partial charge in [-0.25, -0.2) is 0 Å². The second kappa shape index (κ2) is 15.3. The van der Waals surface area contributed by atoms with Gasteiger partial charge in [-0.1, -0.05) is 18.0 Å². The molecule has 11 nitrogen and oxygen atoms in total. The number of nitrogens with one attached hydrogen (secondary N) is 2. The van der Waals surface area contributed by atoms with Crippen molar-refractivity contribution in [2.75, 3.05) is 78.9 Å². The van der Waals surface area contributed by atoms with Crippen molar-refractivity contribution in [3.8, 4) is 5.88 Å². The smallest absolute Gasteiger partial charge is 0.305 e. The first-order valence-corrected chi connectivity index (χ1v) is 13.4. The molecule has 0 spiro atoms. The number of anilines is 1. The molecule has 1 amide bonds. The molecule has 0 radical (unpaired) electrons. The van der Waals surface area contributed by atoms with Crippen LogP contribution in [0.5, 0.6) is 5.88 Å². The van der Waals surface area contributed by atoms with Crippen molar-refractivity contribution >= 4 is 29.3 Å². The largest absolute Gasteiger partial charge is 0.480 e. The Labute approximate surface area is 224 Å². The van der Waals surface area contributed by atoms with Gasteiger partial charge in [0.2, 0.25) is 5.88 Å². The molecule has 2 fully saturated rings. The number of pyridine rings is 1. The van der Waals surface area contributed by atoms with Crippen LogP contribution in [0, 0.1) is 0 Å². The SMILES string of the molecule is COc1nc(N)c(Cl)cc1C(=O)N[C@@H]1CCN(CCCCCC(=O)OCCN2CCNCC2)C[C@@H]1OC. The molecule has 0 saturated carbocycles. The molecule has 2 aliphatic rings. The van der Waals surface area contributed by atoms with Gasteiger partial charge in [0.25, 0.3) is 5.91 Å². The summed E-state index contributed by atoms with van der Waals surface area (Å²) in [5, 5.41) is 6.55. The summed E-state index contributed by atoms with van der Waals surface area (Å²) in [4.78, 5) is 33.6. The van der Waals surface area contributed by atoms with E-state index in [4.69, 9.17) is 31.5 Å². The van der Waals surface area contributed by atoms with Gasteiger partial charge < -0.3 is 35.5 Å². The van der Waals surface area contributed by atoms with Gasteiger partial charge in [-0.05, 0) is 31.9 Å². The molecule has 3 rings (SSSR count). The number of nitrogens with zero attached hydrogens (tertiary/aromatic N) is 3. The summed E-state index contributed by atoms with van der Waals surface area (Å²) in [7, 11) is 3.09. The average molecular weight is 541 g/mol. The summed E-state index contributed by atoms with van der Waals surface area (Å²) in [6, 6.07) is 1.32. The van der Waals surface area contributed by atoms with Gasteiger partial charge in [0.15, 0.2) is 0 Å². The van der Waals surface area contributed by atoms with Gasteiger partial charge in [0.1, 0.15) is 18.0 Å². The van der Waals surface area contributed by atoms with Crippen molar-refractivity contribution in [2.24, 2.45) is 0 Å². The number of aromatic nitrogens is 1. The van der Waals surface area contributed by atoms with Crippen LogP contribution >= 0.6 is 11.6 Å². The van der Waals surface area contributed by atoms with Gasteiger partial charge >= 0.3 is 5.97 Å². The maximum absolute atomic E-state index is 12.9. The maximum Gasteiger partial charge on any atom is 0.305 e. The van der Waals surface area contributed by atoms with E-state index in [1.807, 2.05) is 0 Å². The second-order valence-electron chi connectivity index (χ2n) is 9.48. The fraction of sp³-hybridized carbons (Fsp3) is 0.720. The van der Waals surface area contributed by atoms with Crippen LogP contribution in [-0.4, -0.2) is 112 Å². The minimum Gasteiger partial charge on any atom is -0.480 e. The molecule has 0 bridgehead atoms. The summed E-state index contributed by atoms with van der Waals surface area (Å²) >= 11 is 6.06. The summed E-state index contributed by atoms with van der Waals surface area (Å²) in [5.41, 5.74) is 5.96. The number of piperidine rings is 1. The minimum absolute atomic E-state index is 0.111. The van der Waals surface area contributed by atoms with Crippen molar-refractivity contribution in [3.05, 3.63) is 16.7 Å². The molecule has 1 aromatic heterocycles. The number of hydrogen-bond acceptors (Lipinski definition) is 10. The van der Waals surface area contributed by atoms with Crippen LogP contribution < -0.4 is 21.1 Å². The molecule has 0 aliphatic carbocycles. The first-order chi connectivity index (χ1) is 17.9. The molecule has 208 valence electrons. The number of rotatable bonds is 13. The Bertz CT molecular complexity index is 885. The number of esters is 1. The average Bonchev–Trinajstić information content (AvgIpc) is 2.91. The highest BCUT2D eigenvalue weighted by Crippen LogP contribution is 2.25. The lowest BCUT2D eigenvalue weighted by Crippen LogP contribution is -2.54. The van der Waals surface area contributed by atoms with E-state index in [1.54, 1.807) is 7.11 Å². The van der Waals surface area contributed by atoms with E-state index in [0.29, 0.717) is 19.6 Å². The first kappa shape index (κ1) is 29.4. The van der Waals surface area contributed by atoms with Crippen LogP contribution in [0.15, 0.2) is 6.07 Å². The Morgan fingerprint density at radius 3 is 2.68 bits per heavy atom. The number of methoxy groups -OCH3 is 2. The Balaban J connectivity index is 1.32. The second-order valence-corrected chi connectivity index (χ2v) is 9.89. The van der Waals surface area contributed by atoms with E-state index in [0.717, 1.165) is 71.5 Å². The van der Waals surface area contributed by atoms with Crippen molar-refractivity contribution in [3.63, 3.8) is 0 Å². The van der Waals surface area contributed by atoms with Gasteiger partial charge in [-0.15, -0.1) is 0 Å². The standard InChI is InChI=1S/C25H41ClN6O5/c1-35-21-17-32(10-5-3-4-6-22(33)37-15-14-31-12-8-28-9-13-31)11-7-20(21)29-24(34)18-16-19(26)23(27)30-25(18)36-2/h16,20-21,28H,3-15,17H2,1-2H3,(H2,27,30)(H,29,34)/t20-,21+/m1/s1. The summed E-state index contributed by atoms with van der Waals surface area (Å²) in [5.74, 6) is -0.193. The Kier molecular flexibility index (Phi) is 12.1. The molecule has 4 N–H and O–H groups in total. The molecule has 1 aromatic rings. The summed E-state index contributed by atoms with van der Waals surface area (Å²) < 4.78 is 16.3. The van der Waals surface area contributed by atoms with Crippen LogP contribution in [0.2, 0.25) is 5.02 Å². The molecule has 2 saturated heterocycles. The number of nitrogens with two attached hydrogens (primary N) is 1. The molecule has 0 unspecified atom stereocenters. The maximum atomic E-state index is 12.9. The highest BCUT2D eigenvalue weighted by atomic mass is 35.5. The van der Waals surface area contributed by atoms with E-state index < -0.39 is 0 Å². The number of carbonyl (C=O) groups excluding carboxylic acids is 2. The van der Waals surface area contributed by atoms with Crippen molar-refractivity contribution in [2.45, 2.75) is 44.2 Å². The zero-order valence-electron chi connectivity index (χ0n) is 22.0. The van der Waals surface area contributed by atoms with Crippen LogP contribution in [0.25, 0.3) is 0 Å². The predicted molar refractivity (Wildman–Crippen MR) is 142 cm³/mol. The number of piperazine rings is 1. The molecule has 12 heteroatoms. The Morgan fingerprint density at radius 2 is 1.95 bits per heavy atom. The number of ether oxygens (including phenoxy) is 3. The van der Waals surface area contributed by atoms with E-state index >= 15 is 0 Å². The van der Waals surface area contributed by atoms with Crippen LogP contribution in [0.1, 0.15) is 42.5 Å². The third-order valence-corrected chi connectivity index (χ3v) is 7.21. The summed E-state index contributed by atoms with van der Waals surface area (Å²) in [6.45, 7) is 7.77. The van der Waals surface area contributed by atoms with E-state index in [1.165, 1.54) is 13.2 Å². The molecular weight excluding hydrogens is 500 g/mol. The molecule has 3 heterocycles. The predicted octanol–water partition coefficient (Wildman–Crippen LogP) is 1.15. The van der Waals surface area contributed by atoms with Crippen LogP contribution in [0.4, 0.5) is 5.82 Å². The van der Waals surface area contributed by atoms with Crippen molar-refractivity contribution < 1.29 is 23.8 Å². The zero-order valence-corrected chi connectivity index (χ0v) is 22.7. The molecule has 37 heavy (non-hydrogen) atoms. The van der Waals surface area contributed by atoms with Crippen LogP contribution in [0.3, 0.4) is 0 Å². The number of likely N-dealkylation sites (tertiary alicyclic amines) is 1. The minimum atomic E-state index is -0.327. The molecule has 0 aromatic carbocycles. The van der Waals surface area contributed by atoms with Gasteiger partial charge in [0.05, 0.1) is 24.3 Å². The van der Waals surface area contributed by atoms with E-state index in [2.05, 4.69) is 25.4 Å². The highest BCUT2D eigenvalue weighted by Gasteiger charge is 2.31. The lowest BCUT2D eigenvalue weighted by atomic mass is 10.0. The van der Waals surface area contributed by atoms with Crippen molar-refractivity contribution in [1.29, 1.82) is 0 Å². The number of nitrogen functional groups attached to an aromatic ring is 1. The van der Waals surface area contributed by atoms with E-state index in [9.17, 15) is 9.59 Å². The Morgan fingerprint density at radius 1 is 1.16 bits per heavy atom. The first-order valence-electron chi connectivity index (χ1n) is 13.1. The third-order valence-electron chi connectivity index (χ3n) is 6.90. The highest BCUT2D eigenvalue weighted by molar-refractivity contribution is 6.33. The number of hydrogen-bond donors (Lipinski definition) is 3. The fourth-order valence-electron chi connectivity index (χ4n) is 4.71. The zero-order chi connectivity index (χ0) is 26.6. The third kappa shape index (κ3) is 9.26. The molecule has 2 aliphatic heterocycles. The summed E-state index contributed by atoms with van der Waals surface area (Å²) in [6.07, 6.45) is 3.85. The van der Waals surface area contributed by atoms with Crippen LogP contribution in [-0.2, 0) is 14.3 Å². The normalized spacial score (nSPS) is 20.9. The topological polar surface area (TPSA) is 131 Å². The lowest BCUT2D eigenvalue weighted by Gasteiger charge is -2.38. The fourth-order valence-corrected chi connectivity index (χ4v) is 4.87. The number of amides is 1. The van der Waals surface area contributed by atoms with Gasteiger partial charge in [-0.3, -0.25) is 14.5 Å². The Hall–Kier alpha value is -2.18. The molecular formula is C25H41ClN6O5. The monoisotopic (exact) mass is 540 g/mol. The number of carbonyl (C=O) groups is 2. The number of halogens is 1. The van der Waals surface area contributed by atoms with Gasteiger partial charge in [-0.2, -0.15) is 4.98 Å².